The van der Waals surface area contributed by atoms with Crippen LogP contribution in [-0.4, -0.2) is 46.4 Å². The first-order chi connectivity index (χ1) is 12.9. The molecule has 27 heavy (non-hydrogen) atoms. The van der Waals surface area contributed by atoms with Crippen LogP contribution in [0.15, 0.2) is 11.2 Å². The molecule has 1 aromatic heterocycles. The van der Waals surface area contributed by atoms with E-state index in [1.807, 2.05) is 6.20 Å². The van der Waals surface area contributed by atoms with Crippen molar-refractivity contribution in [2.24, 2.45) is 34.0 Å². The Bertz CT molecular complexity index is 619. The zero-order valence-electron chi connectivity index (χ0n) is 16.5. The molecule has 1 saturated heterocycles. The van der Waals surface area contributed by atoms with Gasteiger partial charge in [-0.15, -0.1) is 5.10 Å². The number of hydrogen-bond acceptors (Lipinski definition) is 6. The van der Waals surface area contributed by atoms with Crippen molar-refractivity contribution in [3.8, 4) is 0 Å². The molecule has 0 bridgehead atoms. The quantitative estimate of drug-likeness (QED) is 0.263. The van der Waals surface area contributed by atoms with Crippen LogP contribution in [0.3, 0.4) is 0 Å². The summed E-state index contributed by atoms with van der Waals surface area (Å²) in [6, 6.07) is -0.535. The molecule has 0 amide bonds. The Hall–Kier alpha value is -2.00. The lowest BCUT2D eigenvalue weighted by Crippen LogP contribution is -2.36. The van der Waals surface area contributed by atoms with Crippen LogP contribution in [0.5, 0.6) is 0 Å². The highest BCUT2D eigenvalue weighted by molar-refractivity contribution is 5.85. The molecule has 9 heteroatoms. The molecular weight excluding hydrogens is 344 g/mol. The maximum atomic E-state index is 13.2. The second-order valence-electron chi connectivity index (χ2n) is 7.43. The topological polar surface area (TPSA) is 150 Å². The van der Waals surface area contributed by atoms with E-state index in [0.29, 0.717) is 25.3 Å². The Labute approximate surface area is 161 Å². The molecule has 0 aromatic carbocycles. The van der Waals surface area contributed by atoms with Crippen molar-refractivity contribution >= 4 is 11.7 Å². The number of aliphatic imine (C=N–C) groups is 1. The summed E-state index contributed by atoms with van der Waals surface area (Å²) in [7, 11) is 0. The first-order valence-electron chi connectivity index (χ1n) is 9.91. The second-order valence-corrected chi connectivity index (χ2v) is 7.43. The van der Waals surface area contributed by atoms with Gasteiger partial charge in [0.15, 0.2) is 11.7 Å². The van der Waals surface area contributed by atoms with Gasteiger partial charge in [0.1, 0.15) is 6.04 Å². The molecule has 0 radical (unpaired) electrons. The smallest absolute Gasteiger partial charge is 0.185 e. The number of piperidine rings is 1. The normalized spacial score (nSPS) is 18.6. The Morgan fingerprint density at radius 1 is 1.41 bits per heavy atom. The van der Waals surface area contributed by atoms with Crippen molar-refractivity contribution in [2.75, 3.05) is 19.6 Å². The summed E-state index contributed by atoms with van der Waals surface area (Å²) in [5.41, 5.74) is 17.8. The van der Waals surface area contributed by atoms with Crippen molar-refractivity contribution in [3.63, 3.8) is 0 Å². The number of hydrogen-bond donors (Lipinski definition) is 4. The van der Waals surface area contributed by atoms with E-state index in [-0.39, 0.29) is 29.7 Å². The number of rotatable bonds is 10. The average molecular weight is 379 g/mol. The van der Waals surface area contributed by atoms with Crippen molar-refractivity contribution in [1.82, 2.24) is 20.3 Å². The predicted molar refractivity (Wildman–Crippen MR) is 106 cm³/mol. The molecule has 0 spiro atoms. The SMILES string of the molecule is CC[C@H](C)[C@H](N)c1cn([C@@H](CCCN=C(N)N)C(=O)C2CCNCC2)nn1. The zero-order valence-corrected chi connectivity index (χ0v) is 16.5. The van der Waals surface area contributed by atoms with Crippen LogP contribution in [0.4, 0.5) is 0 Å². The molecule has 7 N–H and O–H groups in total. The van der Waals surface area contributed by atoms with E-state index in [1.54, 1.807) is 4.68 Å². The highest BCUT2D eigenvalue weighted by atomic mass is 16.1. The van der Waals surface area contributed by atoms with Crippen molar-refractivity contribution in [2.45, 2.75) is 58.0 Å². The molecule has 2 rings (SSSR count). The van der Waals surface area contributed by atoms with Crippen LogP contribution in [0.2, 0.25) is 0 Å². The highest BCUT2D eigenvalue weighted by Crippen LogP contribution is 2.26. The summed E-state index contributed by atoms with van der Waals surface area (Å²) in [6.07, 6.45) is 5.84. The molecular formula is C18H34N8O. The van der Waals surface area contributed by atoms with Gasteiger partial charge in [0.2, 0.25) is 0 Å². The molecule has 1 aliphatic rings. The molecule has 1 aliphatic heterocycles. The summed E-state index contributed by atoms with van der Waals surface area (Å²) in [5.74, 6) is 0.638. The number of guanidine groups is 1. The maximum absolute atomic E-state index is 13.2. The van der Waals surface area contributed by atoms with Crippen molar-refractivity contribution in [3.05, 3.63) is 11.9 Å². The van der Waals surface area contributed by atoms with Gasteiger partial charge in [0.05, 0.1) is 17.9 Å². The third-order valence-electron chi connectivity index (χ3n) is 5.45. The molecule has 2 heterocycles. The summed E-state index contributed by atoms with van der Waals surface area (Å²) in [5, 5.41) is 11.8. The fraction of sp³-hybridized carbons (Fsp3) is 0.778. The fourth-order valence-corrected chi connectivity index (χ4v) is 3.42. The number of nitrogens with two attached hydrogens (primary N) is 3. The zero-order chi connectivity index (χ0) is 19.8. The van der Waals surface area contributed by atoms with Gasteiger partial charge in [0, 0.05) is 12.5 Å². The van der Waals surface area contributed by atoms with Crippen molar-refractivity contribution in [1.29, 1.82) is 0 Å². The van der Waals surface area contributed by atoms with E-state index in [4.69, 9.17) is 17.2 Å². The van der Waals surface area contributed by atoms with Gasteiger partial charge < -0.3 is 22.5 Å². The highest BCUT2D eigenvalue weighted by Gasteiger charge is 2.30. The Morgan fingerprint density at radius 2 is 2.11 bits per heavy atom. The molecule has 0 saturated carbocycles. The maximum Gasteiger partial charge on any atom is 0.185 e. The monoisotopic (exact) mass is 378 g/mol. The van der Waals surface area contributed by atoms with Gasteiger partial charge >= 0.3 is 0 Å². The third kappa shape index (κ3) is 6.00. The fourth-order valence-electron chi connectivity index (χ4n) is 3.42. The summed E-state index contributed by atoms with van der Waals surface area (Å²) >= 11 is 0. The molecule has 1 fully saturated rings. The average Bonchev–Trinajstić information content (AvgIpc) is 3.16. The summed E-state index contributed by atoms with van der Waals surface area (Å²) < 4.78 is 1.69. The minimum atomic E-state index is -0.354. The molecule has 1 aromatic rings. The Kier molecular flexibility index (Phi) is 8.18. The van der Waals surface area contributed by atoms with Gasteiger partial charge in [-0.3, -0.25) is 9.79 Å². The lowest BCUT2D eigenvalue weighted by molar-refractivity contribution is -0.127. The molecule has 0 unspecified atom stereocenters. The number of nitrogens with one attached hydrogen (secondary N) is 1. The van der Waals surface area contributed by atoms with Gasteiger partial charge in [-0.1, -0.05) is 25.5 Å². The second kappa shape index (κ2) is 10.4. The largest absolute Gasteiger partial charge is 0.370 e. The van der Waals surface area contributed by atoms with E-state index >= 15 is 0 Å². The minimum Gasteiger partial charge on any atom is -0.370 e. The molecule has 0 aliphatic carbocycles. The molecule has 3 atom stereocenters. The van der Waals surface area contributed by atoms with Crippen LogP contribution < -0.4 is 22.5 Å². The third-order valence-corrected chi connectivity index (χ3v) is 5.45. The van der Waals surface area contributed by atoms with E-state index in [1.165, 1.54) is 0 Å². The lowest BCUT2D eigenvalue weighted by Gasteiger charge is -2.26. The summed E-state index contributed by atoms with van der Waals surface area (Å²) in [6.45, 7) is 6.43. The van der Waals surface area contributed by atoms with Crippen LogP contribution in [0.25, 0.3) is 0 Å². The summed E-state index contributed by atoms with van der Waals surface area (Å²) in [4.78, 5) is 17.2. The van der Waals surface area contributed by atoms with Crippen LogP contribution in [0.1, 0.15) is 63.7 Å². The Balaban J connectivity index is 2.14. The minimum absolute atomic E-state index is 0.0511. The van der Waals surface area contributed by atoms with E-state index < -0.39 is 0 Å². The number of Topliss-reactive ketones (excluding diaryl/α,β-unsaturated/α-hetero) is 1. The Morgan fingerprint density at radius 3 is 2.74 bits per heavy atom. The number of carbonyl (C=O) groups is 1. The number of nitrogens with zero attached hydrogens (tertiary/aromatic N) is 4. The number of ketones is 1. The molecule has 9 nitrogen and oxygen atoms in total. The van der Waals surface area contributed by atoms with Crippen LogP contribution >= 0.6 is 0 Å². The van der Waals surface area contributed by atoms with E-state index in [9.17, 15) is 4.79 Å². The number of aromatic nitrogens is 3. The molecule has 152 valence electrons. The lowest BCUT2D eigenvalue weighted by atomic mass is 9.88. The van der Waals surface area contributed by atoms with E-state index in [0.717, 1.165) is 38.0 Å². The van der Waals surface area contributed by atoms with E-state index in [2.05, 4.69) is 34.5 Å². The van der Waals surface area contributed by atoms with Gasteiger partial charge in [-0.2, -0.15) is 0 Å². The predicted octanol–water partition coefficient (Wildman–Crippen LogP) is 0.487. The van der Waals surface area contributed by atoms with Crippen LogP contribution in [0, 0.1) is 11.8 Å². The first-order valence-corrected chi connectivity index (χ1v) is 9.91. The number of carbonyl (C=O) groups excluding carboxylic acids is 1. The first kappa shape index (κ1) is 21.3. The standard InChI is InChI=1S/C18H34N8O/c1-3-12(2)16(19)14-11-26(25-24-14)15(5-4-8-23-18(20)21)17(27)13-6-9-22-10-7-13/h11-13,15-16,22H,3-10,19H2,1-2H3,(H4,20,21,23)/t12-,15-,16-/m0/s1. The van der Waals surface area contributed by atoms with Gasteiger partial charge in [-0.25, -0.2) is 4.68 Å². The van der Waals surface area contributed by atoms with Gasteiger partial charge in [-0.05, 0) is 44.7 Å². The van der Waals surface area contributed by atoms with Gasteiger partial charge in [0.25, 0.3) is 0 Å². The van der Waals surface area contributed by atoms with Crippen molar-refractivity contribution < 1.29 is 4.79 Å². The van der Waals surface area contributed by atoms with Crippen LogP contribution in [-0.2, 0) is 4.79 Å².